The molecule has 6 heteroatoms. The molecule has 0 radical (unpaired) electrons. The summed E-state index contributed by atoms with van der Waals surface area (Å²) >= 11 is 0. The lowest BCUT2D eigenvalue weighted by Gasteiger charge is -2.27. The van der Waals surface area contributed by atoms with E-state index in [2.05, 4.69) is 65.1 Å². The van der Waals surface area contributed by atoms with E-state index in [1.165, 1.54) is 17.4 Å². The van der Waals surface area contributed by atoms with Crippen LogP contribution >= 0.6 is 0 Å². The Kier molecular flexibility index (Phi) is 6.09. The van der Waals surface area contributed by atoms with Crippen molar-refractivity contribution in [2.75, 3.05) is 15.9 Å². The van der Waals surface area contributed by atoms with E-state index in [-0.39, 0.29) is 0 Å². The zero-order valence-electron chi connectivity index (χ0n) is 17.9. The normalized spacial score (nSPS) is 13.9. The third-order valence-corrected chi connectivity index (χ3v) is 6.07. The summed E-state index contributed by atoms with van der Waals surface area (Å²) in [5.74, 6) is 1.05. The maximum Gasteiger partial charge on any atom is 0.229 e. The van der Waals surface area contributed by atoms with Gasteiger partial charge >= 0.3 is 0 Å². The quantitative estimate of drug-likeness (QED) is 0.600. The molecule has 1 aliphatic heterocycles. The van der Waals surface area contributed by atoms with Crippen LogP contribution in [0.3, 0.4) is 0 Å². The minimum absolute atomic E-state index is 0.529. The van der Waals surface area contributed by atoms with Crippen LogP contribution in [0.4, 0.5) is 11.4 Å². The Hall–Kier alpha value is -3.12. The number of amidine groups is 1. The number of para-hydroxylation sites is 1. The first-order valence-electron chi connectivity index (χ1n) is 10.4. The van der Waals surface area contributed by atoms with E-state index < -0.39 is 10.0 Å². The summed E-state index contributed by atoms with van der Waals surface area (Å²) < 4.78 is 25.8. The average Bonchev–Trinajstić information content (AvgIpc) is 2.91. The highest BCUT2D eigenvalue weighted by Gasteiger charge is 2.21. The van der Waals surface area contributed by atoms with Crippen LogP contribution in [0.5, 0.6) is 0 Å². The fourth-order valence-electron chi connectivity index (χ4n) is 3.93. The van der Waals surface area contributed by atoms with Crippen LogP contribution in [-0.4, -0.2) is 20.5 Å². The van der Waals surface area contributed by atoms with E-state index in [9.17, 15) is 8.42 Å². The van der Waals surface area contributed by atoms with E-state index in [0.717, 1.165) is 35.5 Å². The number of fused-ring (bicyclic) bond motifs is 1. The number of benzene rings is 3. The van der Waals surface area contributed by atoms with Crippen LogP contribution < -0.4 is 9.62 Å². The Morgan fingerprint density at radius 1 is 0.935 bits per heavy atom. The van der Waals surface area contributed by atoms with Gasteiger partial charge in [-0.1, -0.05) is 54.6 Å². The summed E-state index contributed by atoms with van der Waals surface area (Å²) in [6.45, 7) is 3.35. The second-order valence-corrected chi connectivity index (χ2v) is 9.70. The summed E-state index contributed by atoms with van der Waals surface area (Å²) in [6, 6.07) is 24.5. The van der Waals surface area contributed by atoms with Crippen LogP contribution in [0.2, 0.25) is 0 Å². The van der Waals surface area contributed by atoms with Gasteiger partial charge in [0.05, 0.1) is 12.8 Å². The fourth-order valence-corrected chi connectivity index (χ4v) is 4.49. The summed E-state index contributed by atoms with van der Waals surface area (Å²) in [5, 5.41) is 0. The van der Waals surface area contributed by atoms with Gasteiger partial charge in [-0.15, -0.1) is 0 Å². The van der Waals surface area contributed by atoms with Crippen LogP contribution in [-0.2, 0) is 29.5 Å². The highest BCUT2D eigenvalue weighted by molar-refractivity contribution is 7.92. The number of hydrogen-bond donors (Lipinski definition) is 1. The van der Waals surface area contributed by atoms with Gasteiger partial charge in [-0.05, 0) is 53.8 Å². The van der Waals surface area contributed by atoms with Crippen molar-refractivity contribution in [3.05, 3.63) is 95.1 Å². The number of nitrogens with one attached hydrogen (secondary N) is 1. The number of nitrogens with zero attached hydrogens (tertiary/aromatic N) is 2. The van der Waals surface area contributed by atoms with E-state index in [1.807, 2.05) is 24.3 Å². The van der Waals surface area contributed by atoms with Gasteiger partial charge in [0.25, 0.3) is 0 Å². The maximum absolute atomic E-state index is 11.6. The predicted molar refractivity (Wildman–Crippen MR) is 128 cm³/mol. The van der Waals surface area contributed by atoms with Crippen molar-refractivity contribution in [1.82, 2.24) is 0 Å². The van der Waals surface area contributed by atoms with Crippen molar-refractivity contribution in [3.8, 4) is 0 Å². The summed E-state index contributed by atoms with van der Waals surface area (Å²) in [5.41, 5.74) is 6.42. The third kappa shape index (κ3) is 5.33. The second-order valence-electron chi connectivity index (χ2n) is 7.95. The Bertz CT molecular complexity index is 1200. The van der Waals surface area contributed by atoms with E-state index in [0.29, 0.717) is 18.8 Å². The van der Waals surface area contributed by atoms with E-state index >= 15 is 0 Å². The molecule has 4 rings (SSSR count). The molecular weight excluding hydrogens is 406 g/mol. The van der Waals surface area contributed by atoms with Crippen molar-refractivity contribution >= 4 is 27.2 Å². The fraction of sp³-hybridized carbons (Fsp3) is 0.240. The van der Waals surface area contributed by atoms with Crippen LogP contribution in [0.1, 0.15) is 28.7 Å². The Morgan fingerprint density at radius 2 is 1.68 bits per heavy atom. The number of aliphatic imine (C=N–C) groups is 1. The van der Waals surface area contributed by atoms with Crippen molar-refractivity contribution in [1.29, 1.82) is 0 Å². The van der Waals surface area contributed by atoms with Crippen LogP contribution in [0.25, 0.3) is 0 Å². The van der Waals surface area contributed by atoms with Gasteiger partial charge in [0.2, 0.25) is 10.0 Å². The minimum atomic E-state index is -3.32. The third-order valence-electron chi connectivity index (χ3n) is 5.47. The van der Waals surface area contributed by atoms with Crippen LogP contribution in [0, 0.1) is 6.92 Å². The van der Waals surface area contributed by atoms with Gasteiger partial charge in [-0.25, -0.2) is 8.42 Å². The number of aryl methyl sites for hydroxylation is 2. The van der Waals surface area contributed by atoms with Gasteiger partial charge < -0.3 is 4.90 Å². The molecule has 31 heavy (non-hydrogen) atoms. The molecule has 0 bridgehead atoms. The van der Waals surface area contributed by atoms with Gasteiger partial charge in [0.15, 0.2) is 0 Å². The van der Waals surface area contributed by atoms with Crippen molar-refractivity contribution in [3.63, 3.8) is 0 Å². The molecule has 0 unspecified atom stereocenters. The summed E-state index contributed by atoms with van der Waals surface area (Å²) in [7, 11) is -3.32. The molecule has 0 atom stereocenters. The summed E-state index contributed by atoms with van der Waals surface area (Å²) in [6.07, 6.45) is 2.92. The number of hydrogen-bond acceptors (Lipinski definition) is 4. The van der Waals surface area contributed by atoms with Crippen LogP contribution in [0.15, 0.2) is 77.8 Å². The standard InChI is InChI=1S/C25H27N3O2S/c1-19-8-6-7-11-24(19)28-18-21-13-14-23(27-31(2,29)30)16-22(21)17-26-25(28)15-12-20-9-4-3-5-10-20/h3-11,13-14,16,27H,12,15,17-18H2,1-2H3. The SMILES string of the molecule is Cc1ccccc1N1Cc2ccc(NS(C)(=O)=O)cc2CN=C1CCc1ccccc1. The van der Waals surface area contributed by atoms with Crippen molar-refractivity contribution in [2.24, 2.45) is 4.99 Å². The largest absolute Gasteiger partial charge is 0.325 e. The van der Waals surface area contributed by atoms with Gasteiger partial charge in [0, 0.05) is 24.3 Å². The van der Waals surface area contributed by atoms with Gasteiger partial charge in [-0.3, -0.25) is 9.71 Å². The second kappa shape index (κ2) is 8.94. The lowest BCUT2D eigenvalue weighted by Crippen LogP contribution is -2.30. The summed E-state index contributed by atoms with van der Waals surface area (Å²) in [4.78, 5) is 7.28. The molecule has 0 spiro atoms. The molecule has 0 amide bonds. The number of rotatable bonds is 6. The zero-order valence-corrected chi connectivity index (χ0v) is 18.7. The molecular formula is C25H27N3O2S. The minimum Gasteiger partial charge on any atom is -0.325 e. The average molecular weight is 434 g/mol. The lowest BCUT2D eigenvalue weighted by molar-refractivity contribution is 0.607. The molecule has 0 aliphatic carbocycles. The first-order chi connectivity index (χ1) is 14.9. The smallest absolute Gasteiger partial charge is 0.229 e. The highest BCUT2D eigenvalue weighted by Crippen LogP contribution is 2.29. The maximum atomic E-state index is 11.6. The first-order valence-corrected chi connectivity index (χ1v) is 12.3. The topological polar surface area (TPSA) is 61.8 Å². The molecule has 1 N–H and O–H groups in total. The van der Waals surface area contributed by atoms with E-state index in [1.54, 1.807) is 0 Å². The molecule has 0 fully saturated rings. The molecule has 1 aliphatic rings. The van der Waals surface area contributed by atoms with E-state index in [4.69, 9.17) is 4.99 Å². The Balaban J connectivity index is 1.67. The molecule has 160 valence electrons. The Labute approximate surface area is 184 Å². The Morgan fingerprint density at radius 3 is 2.42 bits per heavy atom. The highest BCUT2D eigenvalue weighted by atomic mass is 32.2. The first kappa shape index (κ1) is 21.1. The predicted octanol–water partition coefficient (Wildman–Crippen LogP) is 4.92. The van der Waals surface area contributed by atoms with Gasteiger partial charge in [0.1, 0.15) is 5.84 Å². The number of anilines is 2. The molecule has 3 aromatic carbocycles. The molecule has 0 saturated heterocycles. The molecule has 5 nitrogen and oxygen atoms in total. The number of sulfonamides is 1. The monoisotopic (exact) mass is 433 g/mol. The van der Waals surface area contributed by atoms with Crippen molar-refractivity contribution < 1.29 is 8.42 Å². The molecule has 1 heterocycles. The molecule has 0 aromatic heterocycles. The van der Waals surface area contributed by atoms with Crippen molar-refractivity contribution in [2.45, 2.75) is 32.9 Å². The molecule has 3 aromatic rings. The van der Waals surface area contributed by atoms with Gasteiger partial charge in [-0.2, -0.15) is 0 Å². The zero-order chi connectivity index (χ0) is 21.8. The molecule has 0 saturated carbocycles. The lowest BCUT2D eigenvalue weighted by atomic mass is 10.0.